The first-order chi connectivity index (χ1) is 12.2. The molecule has 2 aromatic heterocycles. The molecule has 0 atom stereocenters. The number of aromatic nitrogens is 3. The maximum absolute atomic E-state index is 14.6. The van der Waals surface area contributed by atoms with E-state index in [4.69, 9.17) is 4.74 Å². The van der Waals surface area contributed by atoms with Crippen LogP contribution in [0, 0.1) is 12.7 Å². The number of anilines is 1. The maximum atomic E-state index is 14.6. The van der Waals surface area contributed by atoms with Crippen LogP contribution in [0.25, 0.3) is 5.69 Å². The quantitative estimate of drug-likeness (QED) is 0.741. The first-order valence-electron chi connectivity index (χ1n) is 8.34. The highest BCUT2D eigenvalue weighted by molar-refractivity contribution is 5.59. The zero-order valence-corrected chi connectivity index (χ0v) is 13.9. The van der Waals surface area contributed by atoms with Gasteiger partial charge in [0.05, 0.1) is 29.9 Å². The van der Waals surface area contributed by atoms with Crippen molar-refractivity contribution in [3.8, 4) is 11.4 Å². The standard InChI is InChI=1S/C19H19FN4O/c1-13-9-23-24(12-13)17-7-8-21-11-16(17)22-10-14-3-2-4-18(19(14)20)25-15-5-6-15/h2-4,7-9,11-12,15,22H,5-6,10H2,1H3. The van der Waals surface area contributed by atoms with Gasteiger partial charge in [-0.15, -0.1) is 0 Å². The predicted octanol–water partition coefficient (Wildman–Crippen LogP) is 3.87. The zero-order chi connectivity index (χ0) is 17.2. The van der Waals surface area contributed by atoms with E-state index in [1.54, 1.807) is 35.4 Å². The van der Waals surface area contributed by atoms with Gasteiger partial charge in [0.25, 0.3) is 0 Å². The number of benzene rings is 1. The van der Waals surface area contributed by atoms with Gasteiger partial charge in [0.1, 0.15) is 0 Å². The molecule has 1 aromatic carbocycles. The van der Waals surface area contributed by atoms with Crippen molar-refractivity contribution < 1.29 is 9.13 Å². The number of hydrogen-bond donors (Lipinski definition) is 1. The van der Waals surface area contributed by atoms with E-state index in [9.17, 15) is 4.39 Å². The highest BCUT2D eigenvalue weighted by Gasteiger charge is 2.25. The molecule has 0 unspecified atom stereocenters. The van der Waals surface area contributed by atoms with Crippen LogP contribution < -0.4 is 10.1 Å². The fourth-order valence-corrected chi connectivity index (χ4v) is 2.61. The Morgan fingerprint density at radius 3 is 2.92 bits per heavy atom. The molecule has 1 fully saturated rings. The monoisotopic (exact) mass is 338 g/mol. The van der Waals surface area contributed by atoms with Gasteiger partial charge < -0.3 is 10.1 Å². The third kappa shape index (κ3) is 3.47. The second kappa shape index (κ2) is 6.55. The maximum Gasteiger partial charge on any atom is 0.170 e. The van der Waals surface area contributed by atoms with Crippen molar-refractivity contribution in [1.82, 2.24) is 14.8 Å². The molecular weight excluding hydrogens is 319 g/mol. The lowest BCUT2D eigenvalue weighted by Crippen LogP contribution is -2.08. The van der Waals surface area contributed by atoms with Gasteiger partial charge in [0, 0.05) is 24.5 Å². The number of rotatable bonds is 6. The summed E-state index contributed by atoms with van der Waals surface area (Å²) in [5, 5.41) is 7.58. The number of ether oxygens (including phenoxy) is 1. The first-order valence-corrected chi connectivity index (χ1v) is 8.34. The first kappa shape index (κ1) is 15.6. The molecule has 128 valence electrons. The van der Waals surface area contributed by atoms with Crippen molar-refractivity contribution >= 4 is 5.69 Å². The summed E-state index contributed by atoms with van der Waals surface area (Å²) < 4.78 is 22.0. The van der Waals surface area contributed by atoms with Crippen LogP contribution in [0.2, 0.25) is 0 Å². The molecular formula is C19H19FN4O. The normalized spacial score (nSPS) is 13.7. The summed E-state index contributed by atoms with van der Waals surface area (Å²) in [5.74, 6) is 0.0261. The Balaban J connectivity index is 1.54. The Morgan fingerprint density at radius 1 is 1.28 bits per heavy atom. The van der Waals surface area contributed by atoms with E-state index < -0.39 is 0 Å². The van der Waals surface area contributed by atoms with Gasteiger partial charge in [-0.05, 0) is 37.5 Å². The van der Waals surface area contributed by atoms with Gasteiger partial charge in [-0.1, -0.05) is 12.1 Å². The Labute approximate surface area is 145 Å². The van der Waals surface area contributed by atoms with Crippen molar-refractivity contribution in [3.63, 3.8) is 0 Å². The van der Waals surface area contributed by atoms with E-state index in [0.717, 1.165) is 29.8 Å². The minimum atomic E-state index is -0.303. The molecule has 0 bridgehead atoms. The topological polar surface area (TPSA) is 52.0 Å². The molecule has 1 saturated carbocycles. The van der Waals surface area contributed by atoms with E-state index in [1.165, 1.54) is 0 Å². The Bertz CT molecular complexity index is 889. The van der Waals surface area contributed by atoms with Crippen molar-refractivity contribution in [2.75, 3.05) is 5.32 Å². The molecule has 0 radical (unpaired) electrons. The van der Waals surface area contributed by atoms with Crippen LogP contribution in [0.3, 0.4) is 0 Å². The molecule has 1 aliphatic carbocycles. The fourth-order valence-electron chi connectivity index (χ4n) is 2.61. The molecule has 6 heteroatoms. The van der Waals surface area contributed by atoms with Crippen molar-refractivity contribution in [2.24, 2.45) is 0 Å². The lowest BCUT2D eigenvalue weighted by Gasteiger charge is -2.13. The van der Waals surface area contributed by atoms with Crippen LogP contribution in [0.4, 0.5) is 10.1 Å². The molecule has 0 spiro atoms. The zero-order valence-electron chi connectivity index (χ0n) is 13.9. The van der Waals surface area contributed by atoms with Crippen LogP contribution in [-0.4, -0.2) is 20.9 Å². The molecule has 4 rings (SSSR count). The number of halogens is 1. The molecule has 0 amide bonds. The molecule has 25 heavy (non-hydrogen) atoms. The summed E-state index contributed by atoms with van der Waals surface area (Å²) in [6.07, 6.45) is 9.34. The summed E-state index contributed by atoms with van der Waals surface area (Å²) in [5.41, 5.74) is 3.29. The van der Waals surface area contributed by atoms with Crippen LogP contribution >= 0.6 is 0 Å². The Kier molecular flexibility index (Phi) is 4.09. The molecule has 2 heterocycles. The summed E-state index contributed by atoms with van der Waals surface area (Å²) in [4.78, 5) is 4.16. The summed E-state index contributed by atoms with van der Waals surface area (Å²) >= 11 is 0. The summed E-state index contributed by atoms with van der Waals surface area (Å²) in [6, 6.07) is 7.13. The van der Waals surface area contributed by atoms with Crippen molar-refractivity contribution in [3.05, 3.63) is 66.0 Å². The number of hydrogen-bond acceptors (Lipinski definition) is 4. The molecule has 0 saturated heterocycles. The fraction of sp³-hybridized carbons (Fsp3) is 0.263. The van der Waals surface area contributed by atoms with Crippen molar-refractivity contribution in [2.45, 2.75) is 32.4 Å². The van der Waals surface area contributed by atoms with Gasteiger partial charge in [-0.25, -0.2) is 9.07 Å². The molecule has 3 aromatic rings. The average molecular weight is 338 g/mol. The van der Waals surface area contributed by atoms with E-state index in [2.05, 4.69) is 15.4 Å². The van der Waals surface area contributed by atoms with E-state index in [1.807, 2.05) is 25.3 Å². The lowest BCUT2D eigenvalue weighted by atomic mass is 10.2. The second-order valence-corrected chi connectivity index (χ2v) is 6.26. The van der Waals surface area contributed by atoms with Crippen LogP contribution in [0.15, 0.2) is 49.1 Å². The van der Waals surface area contributed by atoms with E-state index in [-0.39, 0.29) is 11.9 Å². The average Bonchev–Trinajstić information content (AvgIpc) is 3.34. The van der Waals surface area contributed by atoms with Gasteiger partial charge in [-0.2, -0.15) is 5.10 Å². The van der Waals surface area contributed by atoms with Gasteiger partial charge >= 0.3 is 0 Å². The van der Waals surface area contributed by atoms with Crippen LogP contribution in [0.1, 0.15) is 24.0 Å². The summed E-state index contributed by atoms with van der Waals surface area (Å²) in [6.45, 7) is 2.32. The molecule has 0 aliphatic heterocycles. The molecule has 1 N–H and O–H groups in total. The van der Waals surface area contributed by atoms with Gasteiger partial charge in [0.2, 0.25) is 0 Å². The molecule has 5 nitrogen and oxygen atoms in total. The van der Waals surface area contributed by atoms with Crippen LogP contribution in [0.5, 0.6) is 5.75 Å². The number of nitrogens with one attached hydrogen (secondary N) is 1. The van der Waals surface area contributed by atoms with E-state index in [0.29, 0.717) is 17.9 Å². The SMILES string of the molecule is Cc1cnn(-c2ccncc2NCc2cccc(OC3CC3)c2F)c1. The number of pyridine rings is 1. The second-order valence-electron chi connectivity index (χ2n) is 6.26. The minimum absolute atomic E-state index is 0.172. The van der Waals surface area contributed by atoms with Crippen molar-refractivity contribution in [1.29, 1.82) is 0 Å². The Hall–Kier alpha value is -2.89. The van der Waals surface area contributed by atoms with Gasteiger partial charge in [0.15, 0.2) is 11.6 Å². The highest BCUT2D eigenvalue weighted by atomic mass is 19.1. The Morgan fingerprint density at radius 2 is 2.16 bits per heavy atom. The van der Waals surface area contributed by atoms with Gasteiger partial charge in [-0.3, -0.25) is 4.98 Å². The number of aryl methyl sites for hydroxylation is 1. The van der Waals surface area contributed by atoms with Crippen LogP contribution in [-0.2, 0) is 6.54 Å². The summed E-state index contributed by atoms with van der Waals surface area (Å²) in [7, 11) is 0. The third-order valence-electron chi connectivity index (χ3n) is 4.09. The lowest BCUT2D eigenvalue weighted by molar-refractivity contribution is 0.286. The minimum Gasteiger partial charge on any atom is -0.487 e. The number of nitrogens with zero attached hydrogens (tertiary/aromatic N) is 3. The molecule has 1 aliphatic rings. The largest absolute Gasteiger partial charge is 0.487 e. The third-order valence-corrected chi connectivity index (χ3v) is 4.09. The predicted molar refractivity (Wildman–Crippen MR) is 93.5 cm³/mol. The van der Waals surface area contributed by atoms with E-state index >= 15 is 0 Å². The smallest absolute Gasteiger partial charge is 0.170 e. The highest BCUT2D eigenvalue weighted by Crippen LogP contribution is 2.30.